The highest BCUT2D eigenvalue weighted by Gasteiger charge is 2.11. The zero-order valence-electron chi connectivity index (χ0n) is 25.6. The van der Waals surface area contributed by atoms with Crippen LogP contribution in [0.5, 0.6) is 0 Å². The minimum absolute atomic E-state index is 0. The molecular formula is C30H40Cl2N8O2S2. The maximum absolute atomic E-state index is 5.79. The molecular weight excluding hydrogens is 639 g/mol. The predicted molar refractivity (Wildman–Crippen MR) is 170 cm³/mol. The van der Waals surface area contributed by atoms with Gasteiger partial charge in [0, 0.05) is 49.3 Å². The van der Waals surface area contributed by atoms with Crippen molar-refractivity contribution in [3.63, 3.8) is 0 Å². The van der Waals surface area contributed by atoms with Crippen LogP contribution in [0.4, 0.5) is 33.0 Å². The molecule has 0 aliphatic carbocycles. The zero-order chi connectivity index (χ0) is 29.6. The number of hydrogen-bond donors (Lipinski definition) is 0. The Balaban J connectivity index is 0.00000337. The van der Waals surface area contributed by atoms with Crippen LogP contribution < -0.4 is 43.7 Å². The van der Waals surface area contributed by atoms with E-state index < -0.39 is 0 Å². The van der Waals surface area contributed by atoms with Gasteiger partial charge in [0.15, 0.2) is 0 Å². The van der Waals surface area contributed by atoms with Gasteiger partial charge in [0.1, 0.15) is 23.8 Å². The summed E-state index contributed by atoms with van der Waals surface area (Å²) in [7, 11) is 4.12. The Morgan fingerprint density at radius 1 is 0.591 bits per heavy atom. The van der Waals surface area contributed by atoms with E-state index in [1.165, 1.54) is 0 Å². The molecule has 0 saturated heterocycles. The van der Waals surface area contributed by atoms with E-state index >= 15 is 0 Å². The number of rotatable bonds is 17. The van der Waals surface area contributed by atoms with Crippen molar-refractivity contribution in [1.82, 2.24) is 0 Å². The number of aryl methyl sites for hydroxylation is 2. The van der Waals surface area contributed by atoms with Crippen LogP contribution in [0.2, 0.25) is 0 Å². The average molecular weight is 680 g/mol. The molecule has 238 valence electrons. The molecule has 14 heteroatoms. The molecule has 4 rings (SSSR count). The number of ether oxygens (including phenoxy) is 2. The first kappa shape index (κ1) is 37.2. The quantitative estimate of drug-likeness (QED) is 0.0944. The number of thiazole rings is 2. The first-order valence-corrected chi connectivity index (χ1v) is 15.9. The number of azo groups is 2. The summed E-state index contributed by atoms with van der Waals surface area (Å²) in [4.78, 5) is 4.33. The summed E-state index contributed by atoms with van der Waals surface area (Å²) >= 11 is 3.17. The van der Waals surface area contributed by atoms with Crippen molar-refractivity contribution >= 4 is 55.7 Å². The van der Waals surface area contributed by atoms with Gasteiger partial charge in [-0.2, -0.15) is 0 Å². The predicted octanol–water partition coefficient (Wildman–Crippen LogP) is 0.869. The fraction of sp³-hybridized carbons (Fsp3) is 0.400. The number of benzene rings is 2. The number of hydrogen-bond acceptors (Lipinski definition) is 10. The fourth-order valence-corrected chi connectivity index (χ4v) is 5.45. The third-order valence-electron chi connectivity index (χ3n) is 6.60. The van der Waals surface area contributed by atoms with Gasteiger partial charge in [-0.05, 0) is 95.3 Å². The van der Waals surface area contributed by atoms with Crippen LogP contribution in [0.15, 0.2) is 92.1 Å². The second-order valence-corrected chi connectivity index (χ2v) is 11.2. The van der Waals surface area contributed by atoms with Gasteiger partial charge in [0.2, 0.25) is 0 Å². The molecule has 10 nitrogen and oxygen atoms in total. The van der Waals surface area contributed by atoms with Gasteiger partial charge < -0.3 is 44.1 Å². The van der Waals surface area contributed by atoms with E-state index in [1.807, 2.05) is 47.4 Å². The molecule has 0 unspecified atom stereocenters. The van der Waals surface area contributed by atoms with E-state index in [4.69, 9.17) is 9.47 Å². The summed E-state index contributed by atoms with van der Waals surface area (Å²) in [6.07, 6.45) is 4.04. The maximum Gasteiger partial charge on any atom is 0.408 e. The molecule has 2 aromatic carbocycles. The number of likely N-dealkylation sites (N-methyl/N-ethyl adjacent to an activating group) is 2. The van der Waals surface area contributed by atoms with Crippen molar-refractivity contribution in [3.05, 3.63) is 71.7 Å². The van der Waals surface area contributed by atoms with E-state index in [0.29, 0.717) is 26.4 Å². The largest absolute Gasteiger partial charge is 1.00 e. The zero-order valence-corrected chi connectivity index (χ0v) is 28.7. The van der Waals surface area contributed by atoms with Crippen LogP contribution in [0.3, 0.4) is 0 Å². The summed E-state index contributed by atoms with van der Waals surface area (Å²) in [5, 5.41) is 23.3. The first-order chi connectivity index (χ1) is 20.6. The smallest absolute Gasteiger partial charge is 0.408 e. The van der Waals surface area contributed by atoms with Gasteiger partial charge in [-0.3, -0.25) is 0 Å². The molecule has 2 heterocycles. The van der Waals surface area contributed by atoms with Crippen molar-refractivity contribution in [2.24, 2.45) is 20.5 Å². The van der Waals surface area contributed by atoms with Gasteiger partial charge >= 0.3 is 10.3 Å². The molecule has 0 aliphatic rings. The maximum atomic E-state index is 5.79. The Bertz CT molecular complexity index is 1310. The second-order valence-electron chi connectivity index (χ2n) is 9.44. The molecule has 0 spiro atoms. The third-order valence-corrected chi connectivity index (χ3v) is 8.17. The first-order valence-electron chi connectivity index (χ1n) is 14.1. The van der Waals surface area contributed by atoms with Gasteiger partial charge in [-0.25, -0.2) is 9.13 Å². The lowest BCUT2D eigenvalue weighted by molar-refractivity contribution is -0.677. The third kappa shape index (κ3) is 11.5. The van der Waals surface area contributed by atoms with Gasteiger partial charge in [-0.1, -0.05) is 0 Å². The van der Waals surface area contributed by atoms with Crippen LogP contribution >= 0.6 is 22.7 Å². The number of halogens is 2. The fourth-order valence-electron chi connectivity index (χ4n) is 3.97. The van der Waals surface area contributed by atoms with Crippen LogP contribution in [0.1, 0.15) is 13.8 Å². The molecule has 0 saturated carbocycles. The Labute approximate surface area is 280 Å². The second kappa shape index (κ2) is 20.1. The molecule has 0 N–H and O–H groups in total. The normalized spacial score (nSPS) is 11.1. The Morgan fingerprint density at radius 3 is 1.34 bits per heavy atom. The highest BCUT2D eigenvalue weighted by Crippen LogP contribution is 2.23. The number of nitrogens with zero attached hydrogens (tertiary/aromatic N) is 8. The summed E-state index contributed by atoms with van der Waals surface area (Å²) < 4.78 is 15.7. The molecule has 0 fully saturated rings. The van der Waals surface area contributed by atoms with Crippen molar-refractivity contribution in [1.29, 1.82) is 0 Å². The standard InChI is InChI=1S/C30H40N8O2S2.2ClH/c1-5-37-17-23-41-29(37)33-31-25-7-11-27(12-8-25)35(3)15-19-39-21-22-40-20-16-36(4)28-13-9-26(10-14-28)32-34-30-38(6-2)18-24-42-30;;/h7-14,17-18,23-24H,5-6,15-16,19-22H2,1-4H3;2*1H/q+2;;/p-2. The van der Waals surface area contributed by atoms with Crippen LogP contribution in [0.25, 0.3) is 0 Å². The molecule has 0 aliphatic heterocycles. The minimum Gasteiger partial charge on any atom is -1.00 e. The summed E-state index contributed by atoms with van der Waals surface area (Å²) in [6.45, 7) is 9.93. The van der Waals surface area contributed by atoms with Crippen LogP contribution in [-0.2, 0) is 22.6 Å². The monoisotopic (exact) mass is 678 g/mol. The van der Waals surface area contributed by atoms with E-state index in [9.17, 15) is 0 Å². The Morgan fingerprint density at radius 2 is 0.977 bits per heavy atom. The van der Waals surface area contributed by atoms with Crippen molar-refractivity contribution in [2.75, 3.05) is 63.4 Å². The molecule has 0 atom stereocenters. The summed E-state index contributed by atoms with van der Waals surface area (Å²) in [6, 6.07) is 16.2. The SMILES string of the molecule is CC[n+]1ccsc1N=Nc1ccc(N(C)CCOCCOCCN(C)c2ccc(N=Nc3scc[n+]3CC)cc2)cc1.[Cl-].[Cl-]. The summed E-state index contributed by atoms with van der Waals surface area (Å²) in [5.41, 5.74) is 3.89. The van der Waals surface area contributed by atoms with Crippen molar-refractivity contribution in [2.45, 2.75) is 26.9 Å². The van der Waals surface area contributed by atoms with Gasteiger partial charge in [0.25, 0.3) is 0 Å². The highest BCUT2D eigenvalue weighted by atomic mass is 35.5. The molecule has 4 aromatic rings. The molecule has 44 heavy (non-hydrogen) atoms. The lowest BCUT2D eigenvalue weighted by Gasteiger charge is -2.20. The van der Waals surface area contributed by atoms with E-state index in [-0.39, 0.29) is 24.8 Å². The van der Waals surface area contributed by atoms with E-state index in [1.54, 1.807) is 22.7 Å². The number of anilines is 2. The molecule has 2 aromatic heterocycles. The van der Waals surface area contributed by atoms with Crippen molar-refractivity contribution in [3.8, 4) is 0 Å². The molecule has 0 radical (unpaired) electrons. The van der Waals surface area contributed by atoms with Gasteiger partial charge in [-0.15, -0.1) is 0 Å². The Kier molecular flexibility index (Phi) is 17.0. The Hall–Kier alpha value is -3.00. The highest BCUT2D eigenvalue weighted by molar-refractivity contribution is 7.13. The van der Waals surface area contributed by atoms with E-state index in [2.05, 4.69) is 91.6 Å². The lowest BCUT2D eigenvalue weighted by Crippen LogP contribution is -3.00. The van der Waals surface area contributed by atoms with Crippen LogP contribution in [-0.4, -0.2) is 53.6 Å². The molecule has 0 bridgehead atoms. The molecule has 0 amide bonds. The van der Waals surface area contributed by atoms with Gasteiger partial charge in [0.05, 0.1) is 49.7 Å². The lowest BCUT2D eigenvalue weighted by atomic mass is 10.2. The van der Waals surface area contributed by atoms with E-state index in [0.717, 1.165) is 59.2 Å². The average Bonchev–Trinajstić information content (AvgIpc) is 3.69. The van der Waals surface area contributed by atoms with Crippen molar-refractivity contribution < 1.29 is 43.4 Å². The minimum atomic E-state index is 0. The number of aromatic nitrogens is 2. The van der Waals surface area contributed by atoms with Crippen LogP contribution in [0, 0.1) is 0 Å². The topological polar surface area (TPSA) is 82.1 Å². The summed E-state index contributed by atoms with van der Waals surface area (Å²) in [5.74, 6) is 0.